The molecule has 1 unspecified atom stereocenters. The summed E-state index contributed by atoms with van der Waals surface area (Å²) in [5.41, 5.74) is -0.711. The number of sulfonamides is 1. The summed E-state index contributed by atoms with van der Waals surface area (Å²) >= 11 is 0. The van der Waals surface area contributed by atoms with Crippen molar-refractivity contribution in [3.8, 4) is 0 Å². The summed E-state index contributed by atoms with van der Waals surface area (Å²) < 4.78 is 81.0. The van der Waals surface area contributed by atoms with Crippen LogP contribution < -0.4 is 10.6 Å². The number of nitrogens with zero attached hydrogens (tertiary/aromatic N) is 2. The van der Waals surface area contributed by atoms with E-state index in [9.17, 15) is 22.7 Å². The molecule has 266 valence electrons. The molecule has 4 fully saturated rings. The Balaban J connectivity index is 1.10. The van der Waals surface area contributed by atoms with E-state index in [0.717, 1.165) is 23.6 Å². The number of oxazole rings is 1. The second-order valence-corrected chi connectivity index (χ2v) is 16.2. The maximum absolute atomic E-state index is 15.2. The van der Waals surface area contributed by atoms with Gasteiger partial charge >= 0.3 is 6.09 Å². The Kier molecular flexibility index (Phi) is 9.32. The number of amides is 1. The lowest BCUT2D eigenvalue weighted by molar-refractivity contribution is -0.164. The standard InChI is InChI=1S/C34H42F2N4O8S/c1-34(2,36)18-40(49(43,44)23-9-10-25-29(15-23)47-32(38-25)37-22-7-8-22)16-27(41)26(13-19-3-5-21(35)6-4-19)39-33(42)48-28-14-20-11-12-45-31-30(20)24(28)17-46-31/h3-6,9-10,15,20,22,24,26-28,30-31,41H,7-8,11-14,16-18H2,1-2H3,(H,37,38)(H,39,42)/t20-,24?,26+,27-,28+,30-,31+/m1/s1. The molecule has 4 aliphatic rings. The zero-order chi connectivity index (χ0) is 34.5. The van der Waals surface area contributed by atoms with Crippen molar-refractivity contribution in [2.75, 3.05) is 31.6 Å². The SMILES string of the molecule is CC(C)(F)CN(C[C@@H](O)[C@H](Cc1ccc(F)cc1)NC(=O)O[C@H]1C[C@H]2CCO[C@H]3OCC1[C@@H]23)S(=O)(=O)c1ccc2nc(NC3CC3)oc2c1. The summed E-state index contributed by atoms with van der Waals surface area (Å²) in [6.07, 6.45) is 0.513. The number of carbonyl (C=O) groups is 1. The van der Waals surface area contributed by atoms with E-state index in [1.54, 1.807) is 0 Å². The molecule has 3 heterocycles. The summed E-state index contributed by atoms with van der Waals surface area (Å²) in [6, 6.07) is 9.21. The van der Waals surface area contributed by atoms with Crippen molar-refractivity contribution in [2.45, 2.75) is 87.1 Å². The molecule has 2 saturated heterocycles. The minimum atomic E-state index is -4.39. The fraction of sp³-hybridized carbons (Fsp3) is 0.588. The first kappa shape index (κ1) is 34.1. The maximum atomic E-state index is 15.2. The number of hydrogen-bond donors (Lipinski definition) is 3. The van der Waals surface area contributed by atoms with Gasteiger partial charge in [-0.25, -0.2) is 22.0 Å². The van der Waals surface area contributed by atoms with Gasteiger partial charge in [-0.05, 0) is 81.7 Å². The van der Waals surface area contributed by atoms with E-state index < -0.39 is 58.9 Å². The molecule has 3 aromatic rings. The summed E-state index contributed by atoms with van der Waals surface area (Å²) in [5, 5.41) is 17.5. The molecule has 15 heteroatoms. The van der Waals surface area contributed by atoms with Crippen molar-refractivity contribution in [2.24, 2.45) is 17.8 Å². The average molecular weight is 705 g/mol. The molecule has 2 aromatic carbocycles. The molecule has 3 N–H and O–H groups in total. The molecule has 0 spiro atoms. The first-order valence-electron chi connectivity index (χ1n) is 16.8. The van der Waals surface area contributed by atoms with Crippen LogP contribution in [0.4, 0.5) is 19.6 Å². The van der Waals surface area contributed by atoms with E-state index in [1.807, 2.05) is 0 Å². The van der Waals surface area contributed by atoms with E-state index in [1.165, 1.54) is 56.3 Å². The molecular weight excluding hydrogens is 662 g/mol. The van der Waals surface area contributed by atoms with Crippen LogP contribution >= 0.6 is 0 Å². The number of alkyl carbamates (subject to hydrolysis) is 1. The zero-order valence-electron chi connectivity index (χ0n) is 27.4. The Morgan fingerprint density at radius 3 is 2.67 bits per heavy atom. The Bertz CT molecular complexity index is 1760. The summed E-state index contributed by atoms with van der Waals surface area (Å²) in [6.45, 7) is 2.33. The summed E-state index contributed by atoms with van der Waals surface area (Å²) in [4.78, 5) is 17.6. The van der Waals surface area contributed by atoms with E-state index in [2.05, 4.69) is 15.6 Å². The normalized spacial score (nSPS) is 26.4. The zero-order valence-corrected chi connectivity index (χ0v) is 28.2. The summed E-state index contributed by atoms with van der Waals surface area (Å²) in [5.74, 6) is -0.0216. The Morgan fingerprint density at radius 2 is 1.94 bits per heavy atom. The van der Waals surface area contributed by atoms with Crippen LogP contribution in [0.2, 0.25) is 0 Å². The third-order valence-electron chi connectivity index (χ3n) is 9.83. The van der Waals surface area contributed by atoms with E-state index in [0.29, 0.717) is 36.6 Å². The van der Waals surface area contributed by atoms with Crippen molar-refractivity contribution in [3.05, 3.63) is 53.8 Å². The number of nitrogens with one attached hydrogen (secondary N) is 2. The number of alkyl halides is 1. The predicted molar refractivity (Wildman–Crippen MR) is 173 cm³/mol. The van der Waals surface area contributed by atoms with Crippen LogP contribution in [0, 0.1) is 23.6 Å². The molecule has 7 rings (SSSR count). The third kappa shape index (κ3) is 7.70. The van der Waals surface area contributed by atoms with Crippen molar-refractivity contribution in [1.29, 1.82) is 0 Å². The van der Waals surface area contributed by atoms with Gasteiger partial charge in [0, 0.05) is 37.0 Å². The topological polar surface area (TPSA) is 152 Å². The van der Waals surface area contributed by atoms with Gasteiger partial charge < -0.3 is 34.4 Å². The number of benzene rings is 2. The minimum Gasteiger partial charge on any atom is -0.446 e. The second-order valence-electron chi connectivity index (χ2n) is 14.3. The quantitative estimate of drug-likeness (QED) is 0.234. The highest BCUT2D eigenvalue weighted by Crippen LogP contribution is 2.50. The van der Waals surface area contributed by atoms with Gasteiger partial charge in [0.25, 0.3) is 6.01 Å². The van der Waals surface area contributed by atoms with Gasteiger partial charge in [-0.3, -0.25) is 0 Å². The van der Waals surface area contributed by atoms with Gasteiger partial charge in [0.05, 0.1) is 30.3 Å². The Morgan fingerprint density at radius 1 is 1.16 bits per heavy atom. The number of aliphatic hydroxyl groups excluding tert-OH is 1. The lowest BCUT2D eigenvalue weighted by Crippen LogP contribution is -2.52. The highest BCUT2D eigenvalue weighted by Gasteiger charge is 2.55. The average Bonchev–Trinajstić information content (AvgIpc) is 3.44. The van der Waals surface area contributed by atoms with Crippen molar-refractivity contribution in [3.63, 3.8) is 0 Å². The number of anilines is 1. The first-order valence-corrected chi connectivity index (χ1v) is 18.3. The van der Waals surface area contributed by atoms with E-state index in [4.69, 9.17) is 18.6 Å². The van der Waals surface area contributed by atoms with Gasteiger partial charge in [-0.15, -0.1) is 0 Å². The lowest BCUT2D eigenvalue weighted by Gasteiger charge is -2.32. The number of ether oxygens (including phenoxy) is 3. The highest BCUT2D eigenvalue weighted by molar-refractivity contribution is 7.89. The van der Waals surface area contributed by atoms with Crippen LogP contribution in [-0.2, 0) is 30.7 Å². The van der Waals surface area contributed by atoms with E-state index in [-0.39, 0.29) is 47.1 Å². The lowest BCUT2D eigenvalue weighted by atomic mass is 9.87. The summed E-state index contributed by atoms with van der Waals surface area (Å²) in [7, 11) is -4.39. The third-order valence-corrected chi connectivity index (χ3v) is 11.6. The highest BCUT2D eigenvalue weighted by atomic mass is 32.2. The monoisotopic (exact) mass is 704 g/mol. The van der Waals surface area contributed by atoms with Gasteiger partial charge in [0.15, 0.2) is 11.9 Å². The number of hydrogen-bond acceptors (Lipinski definition) is 10. The Hall–Kier alpha value is -3.37. The van der Waals surface area contributed by atoms with Crippen LogP contribution in [-0.4, -0.2) is 91.5 Å². The number of aromatic nitrogens is 1. The van der Waals surface area contributed by atoms with Gasteiger partial charge in [-0.1, -0.05) is 12.1 Å². The van der Waals surface area contributed by atoms with Crippen molar-refractivity contribution < 1.29 is 45.7 Å². The smallest absolute Gasteiger partial charge is 0.407 e. The van der Waals surface area contributed by atoms with Crippen molar-refractivity contribution >= 4 is 33.2 Å². The van der Waals surface area contributed by atoms with Crippen LogP contribution in [0.3, 0.4) is 0 Å². The van der Waals surface area contributed by atoms with Crippen LogP contribution in [0.1, 0.15) is 45.1 Å². The van der Waals surface area contributed by atoms with E-state index >= 15 is 4.39 Å². The molecule has 2 aliphatic carbocycles. The number of halogens is 2. The molecule has 1 aromatic heterocycles. The first-order chi connectivity index (χ1) is 23.3. The molecule has 0 radical (unpaired) electrons. The Labute approximate surface area is 283 Å². The fourth-order valence-electron chi connectivity index (χ4n) is 7.29. The van der Waals surface area contributed by atoms with Gasteiger partial charge in [0.1, 0.15) is 23.1 Å². The number of fused-ring (bicyclic) bond motifs is 1. The number of rotatable bonds is 13. The van der Waals surface area contributed by atoms with Crippen LogP contribution in [0.5, 0.6) is 0 Å². The largest absolute Gasteiger partial charge is 0.446 e. The van der Waals surface area contributed by atoms with Gasteiger partial charge in [-0.2, -0.15) is 9.29 Å². The van der Waals surface area contributed by atoms with Gasteiger partial charge in [0.2, 0.25) is 10.0 Å². The predicted octanol–water partition coefficient (Wildman–Crippen LogP) is 4.38. The fourth-order valence-corrected chi connectivity index (χ4v) is 8.91. The molecule has 2 saturated carbocycles. The second kappa shape index (κ2) is 13.4. The number of aliphatic hydroxyl groups is 1. The number of carbonyl (C=O) groups excluding carboxylic acids is 1. The van der Waals surface area contributed by atoms with Crippen molar-refractivity contribution in [1.82, 2.24) is 14.6 Å². The molecule has 0 bridgehead atoms. The molecule has 7 atom stereocenters. The van der Waals surface area contributed by atoms with Crippen LogP contribution in [0.15, 0.2) is 51.8 Å². The molecule has 12 nitrogen and oxygen atoms in total. The molecule has 1 amide bonds. The molecule has 2 aliphatic heterocycles. The molecular formula is C34H42F2N4O8S. The maximum Gasteiger partial charge on any atom is 0.407 e. The molecule has 49 heavy (non-hydrogen) atoms. The van der Waals surface area contributed by atoms with Crippen LogP contribution in [0.25, 0.3) is 11.1 Å². The minimum absolute atomic E-state index is 0.0165.